The van der Waals surface area contributed by atoms with Crippen LogP contribution >= 0.6 is 0 Å². The number of ether oxygens (including phenoxy) is 1. The Morgan fingerprint density at radius 3 is 2.85 bits per heavy atom. The van der Waals surface area contributed by atoms with Crippen LogP contribution in [0.2, 0.25) is 0 Å². The van der Waals surface area contributed by atoms with Crippen LogP contribution < -0.4 is 5.32 Å². The molecular weight excluding hydrogens is 334 g/mol. The number of nitrogens with one attached hydrogen (secondary N) is 1. The van der Waals surface area contributed by atoms with Gasteiger partial charge in [-0.05, 0) is 43.5 Å². The van der Waals surface area contributed by atoms with Gasteiger partial charge in [0.05, 0.1) is 25.0 Å². The molecule has 26 heavy (non-hydrogen) atoms. The monoisotopic (exact) mass is 357 g/mol. The van der Waals surface area contributed by atoms with Gasteiger partial charge >= 0.3 is 0 Å². The average molecular weight is 357 g/mol. The van der Waals surface area contributed by atoms with Crippen LogP contribution in [0, 0.1) is 0 Å². The van der Waals surface area contributed by atoms with Gasteiger partial charge in [0.25, 0.3) is 5.91 Å². The van der Waals surface area contributed by atoms with Crippen LogP contribution in [0.4, 0.5) is 0 Å². The van der Waals surface area contributed by atoms with Crippen molar-refractivity contribution < 1.29 is 18.7 Å². The van der Waals surface area contributed by atoms with Crippen molar-refractivity contribution in [1.29, 1.82) is 0 Å². The maximum Gasteiger partial charge on any atom is 0.270 e. The van der Waals surface area contributed by atoms with Crippen molar-refractivity contribution in [2.75, 3.05) is 6.54 Å². The zero-order chi connectivity index (χ0) is 18.1. The number of likely N-dealkylation sites (tertiary alicyclic amines) is 1. The Morgan fingerprint density at radius 1 is 1.23 bits per heavy atom. The largest absolute Gasteiger partial charge is 0.467 e. The number of hydrogen-bond acceptors (Lipinski definition) is 4. The van der Waals surface area contributed by atoms with E-state index in [2.05, 4.69) is 5.32 Å². The minimum atomic E-state index is -0.462. The number of aryl methyl sites for hydroxylation is 1. The molecule has 2 aliphatic rings. The molecule has 7 heteroatoms. The van der Waals surface area contributed by atoms with Crippen LogP contribution in [0.25, 0.3) is 0 Å². The standard InChI is InChI=1S/C19H23N3O4/c1-21-9-2-5-15(21)19(24)22-10-8-16-14(22)6-7-17(26-16)18(23)20-12-13-4-3-11-25-13/h2-5,9,11,14,16-17H,6-8,10,12H2,1H3,(H,20,23)/t14-,16-,17-/m1/s1. The Balaban J connectivity index is 1.35. The first-order chi connectivity index (χ1) is 12.6. The highest BCUT2D eigenvalue weighted by atomic mass is 16.5. The Kier molecular flexibility index (Phi) is 4.55. The number of furan rings is 1. The van der Waals surface area contributed by atoms with E-state index in [1.54, 1.807) is 12.3 Å². The van der Waals surface area contributed by atoms with Gasteiger partial charge in [-0.15, -0.1) is 0 Å². The number of hydrogen-bond donors (Lipinski definition) is 1. The van der Waals surface area contributed by atoms with Gasteiger partial charge in [0.2, 0.25) is 5.91 Å². The Hall–Kier alpha value is -2.54. The van der Waals surface area contributed by atoms with E-state index in [0.717, 1.165) is 12.8 Å². The molecule has 0 saturated carbocycles. The van der Waals surface area contributed by atoms with Gasteiger partial charge in [-0.1, -0.05) is 0 Å². The lowest BCUT2D eigenvalue weighted by Gasteiger charge is -2.35. The maximum absolute atomic E-state index is 12.8. The summed E-state index contributed by atoms with van der Waals surface area (Å²) >= 11 is 0. The molecule has 0 unspecified atom stereocenters. The number of carbonyl (C=O) groups is 2. The van der Waals surface area contributed by atoms with Crippen molar-refractivity contribution in [1.82, 2.24) is 14.8 Å². The molecule has 3 atom stereocenters. The Labute approximate surface area is 151 Å². The topological polar surface area (TPSA) is 76.7 Å². The van der Waals surface area contributed by atoms with Gasteiger partial charge in [-0.25, -0.2) is 0 Å². The first-order valence-corrected chi connectivity index (χ1v) is 9.01. The number of nitrogens with zero attached hydrogens (tertiary/aromatic N) is 2. The van der Waals surface area contributed by atoms with E-state index in [-0.39, 0.29) is 24.0 Å². The third kappa shape index (κ3) is 3.14. The summed E-state index contributed by atoms with van der Waals surface area (Å²) < 4.78 is 13.1. The van der Waals surface area contributed by atoms with Gasteiger partial charge in [-0.3, -0.25) is 9.59 Å². The number of aromatic nitrogens is 1. The molecule has 0 spiro atoms. The fourth-order valence-electron chi connectivity index (χ4n) is 3.90. The van der Waals surface area contributed by atoms with Crippen molar-refractivity contribution in [3.05, 3.63) is 48.2 Å². The van der Waals surface area contributed by atoms with Crippen molar-refractivity contribution >= 4 is 11.8 Å². The van der Waals surface area contributed by atoms with Gasteiger partial charge in [0.1, 0.15) is 17.6 Å². The van der Waals surface area contributed by atoms with E-state index in [0.29, 0.717) is 31.0 Å². The van der Waals surface area contributed by atoms with E-state index in [4.69, 9.17) is 9.15 Å². The molecule has 2 fully saturated rings. The molecular formula is C19H23N3O4. The smallest absolute Gasteiger partial charge is 0.270 e. The minimum Gasteiger partial charge on any atom is -0.467 e. The second-order valence-electron chi connectivity index (χ2n) is 6.90. The predicted octanol–water partition coefficient (Wildman–Crippen LogP) is 1.70. The first kappa shape index (κ1) is 16.9. The van der Waals surface area contributed by atoms with Crippen LogP contribution in [0.3, 0.4) is 0 Å². The number of rotatable bonds is 4. The summed E-state index contributed by atoms with van der Waals surface area (Å²) in [4.78, 5) is 27.1. The molecule has 0 radical (unpaired) electrons. The lowest BCUT2D eigenvalue weighted by Crippen LogP contribution is -2.49. The van der Waals surface area contributed by atoms with Crippen LogP contribution in [-0.4, -0.2) is 46.1 Å². The van der Waals surface area contributed by atoms with Crippen LogP contribution in [0.15, 0.2) is 41.1 Å². The molecule has 1 N–H and O–H groups in total. The van der Waals surface area contributed by atoms with E-state index >= 15 is 0 Å². The molecule has 4 heterocycles. The van der Waals surface area contributed by atoms with Crippen LogP contribution in [0.5, 0.6) is 0 Å². The summed E-state index contributed by atoms with van der Waals surface area (Å²) in [6, 6.07) is 7.37. The van der Waals surface area contributed by atoms with Crippen molar-refractivity contribution in [3.8, 4) is 0 Å². The van der Waals surface area contributed by atoms with Crippen molar-refractivity contribution in [2.45, 2.75) is 44.1 Å². The summed E-state index contributed by atoms with van der Waals surface area (Å²) in [5.74, 6) is 0.633. The van der Waals surface area contributed by atoms with E-state index in [1.165, 1.54) is 0 Å². The lowest BCUT2D eigenvalue weighted by molar-refractivity contribution is -0.143. The van der Waals surface area contributed by atoms with Crippen molar-refractivity contribution in [2.24, 2.45) is 7.05 Å². The van der Waals surface area contributed by atoms with Gasteiger partial charge < -0.3 is 23.9 Å². The highest BCUT2D eigenvalue weighted by Crippen LogP contribution is 2.32. The SMILES string of the molecule is Cn1cccc1C(=O)N1CC[C@H]2O[C@@H](C(=O)NCc3ccco3)CC[C@H]21. The highest BCUT2D eigenvalue weighted by Gasteiger charge is 2.43. The summed E-state index contributed by atoms with van der Waals surface area (Å²) in [6.07, 6.45) is 5.07. The summed E-state index contributed by atoms with van der Waals surface area (Å²) in [5.41, 5.74) is 0.684. The third-order valence-corrected chi connectivity index (χ3v) is 5.28. The molecule has 2 amide bonds. The summed E-state index contributed by atoms with van der Waals surface area (Å²) in [7, 11) is 1.87. The summed E-state index contributed by atoms with van der Waals surface area (Å²) in [6.45, 7) is 1.03. The second-order valence-corrected chi connectivity index (χ2v) is 6.90. The minimum absolute atomic E-state index is 0.0364. The zero-order valence-corrected chi connectivity index (χ0v) is 14.8. The average Bonchev–Trinajstić information content (AvgIpc) is 3.39. The lowest BCUT2D eigenvalue weighted by atomic mass is 9.98. The van der Waals surface area contributed by atoms with E-state index in [1.807, 2.05) is 40.9 Å². The first-order valence-electron chi connectivity index (χ1n) is 9.01. The normalized spacial score (nSPS) is 25.1. The molecule has 0 aliphatic carbocycles. The predicted molar refractivity (Wildman–Crippen MR) is 93.3 cm³/mol. The number of carbonyl (C=O) groups excluding carboxylic acids is 2. The molecule has 4 rings (SSSR count). The molecule has 2 aliphatic heterocycles. The van der Waals surface area contributed by atoms with Crippen molar-refractivity contribution in [3.63, 3.8) is 0 Å². The Bertz CT molecular complexity index is 783. The second kappa shape index (κ2) is 6.99. The van der Waals surface area contributed by atoms with E-state index < -0.39 is 6.10 Å². The van der Waals surface area contributed by atoms with E-state index in [9.17, 15) is 9.59 Å². The van der Waals surface area contributed by atoms with Crippen LogP contribution in [-0.2, 0) is 23.1 Å². The molecule has 2 aromatic rings. The number of fused-ring (bicyclic) bond motifs is 1. The highest BCUT2D eigenvalue weighted by molar-refractivity contribution is 5.93. The fraction of sp³-hybridized carbons (Fsp3) is 0.474. The fourth-order valence-corrected chi connectivity index (χ4v) is 3.90. The maximum atomic E-state index is 12.8. The Morgan fingerprint density at radius 2 is 2.12 bits per heavy atom. The van der Waals surface area contributed by atoms with Gasteiger partial charge in [0.15, 0.2) is 0 Å². The zero-order valence-electron chi connectivity index (χ0n) is 14.8. The molecule has 2 saturated heterocycles. The van der Waals surface area contributed by atoms with Gasteiger partial charge in [0, 0.05) is 19.8 Å². The molecule has 0 aromatic carbocycles. The summed E-state index contributed by atoms with van der Waals surface area (Å²) in [5, 5.41) is 2.86. The van der Waals surface area contributed by atoms with Gasteiger partial charge in [-0.2, -0.15) is 0 Å². The molecule has 0 bridgehead atoms. The quantitative estimate of drug-likeness (QED) is 0.904. The molecule has 138 valence electrons. The number of amides is 2. The molecule has 7 nitrogen and oxygen atoms in total. The van der Waals surface area contributed by atoms with Crippen LogP contribution in [0.1, 0.15) is 35.5 Å². The third-order valence-electron chi connectivity index (χ3n) is 5.28. The molecule has 2 aromatic heterocycles.